The molecule has 0 radical (unpaired) electrons. The molecule has 4 nitrogen and oxygen atoms in total. The van der Waals surface area contributed by atoms with Crippen LogP contribution >= 0.6 is 11.6 Å². The molecule has 88 valence electrons. The Bertz CT molecular complexity index is 368. The van der Waals surface area contributed by atoms with Crippen molar-refractivity contribution in [2.24, 2.45) is 0 Å². The molecule has 0 aliphatic rings. The molecule has 0 saturated heterocycles. The molecule has 5 heteroatoms. The van der Waals surface area contributed by atoms with Gasteiger partial charge in [-0.05, 0) is 17.7 Å². The average Bonchev–Trinajstić information content (AvgIpc) is 2.25. The molecule has 0 saturated carbocycles. The lowest BCUT2D eigenvalue weighted by atomic mass is 10.2. The molecule has 1 aromatic rings. The second kappa shape index (κ2) is 6.35. The van der Waals surface area contributed by atoms with E-state index in [-0.39, 0.29) is 6.42 Å². The molecule has 0 amide bonds. The van der Waals surface area contributed by atoms with Crippen molar-refractivity contribution < 1.29 is 14.6 Å². The lowest BCUT2D eigenvalue weighted by Crippen LogP contribution is -2.17. The molecule has 16 heavy (non-hydrogen) atoms. The Hall–Kier alpha value is -1.26. The third-order valence-electron chi connectivity index (χ3n) is 2.09. The van der Waals surface area contributed by atoms with Crippen LogP contribution in [-0.2, 0) is 11.3 Å². The molecule has 0 aliphatic carbocycles. The number of nitrogens with one attached hydrogen (secondary N) is 1. The molecule has 0 spiro atoms. The second-order valence-corrected chi connectivity index (χ2v) is 3.69. The van der Waals surface area contributed by atoms with Crippen LogP contribution < -0.4 is 10.1 Å². The summed E-state index contributed by atoms with van der Waals surface area (Å²) in [4.78, 5) is 10.3. The molecule has 0 atom stereocenters. The van der Waals surface area contributed by atoms with Crippen molar-refractivity contribution in [1.29, 1.82) is 0 Å². The topological polar surface area (TPSA) is 58.6 Å². The summed E-state index contributed by atoms with van der Waals surface area (Å²) >= 11 is 6.01. The fraction of sp³-hybridized carbons (Fsp3) is 0.364. The summed E-state index contributed by atoms with van der Waals surface area (Å²) in [5.41, 5.74) is 0.924. The van der Waals surface area contributed by atoms with E-state index in [1.807, 2.05) is 12.1 Å². The average molecular weight is 244 g/mol. The summed E-state index contributed by atoms with van der Waals surface area (Å²) in [5, 5.41) is 12.1. The zero-order chi connectivity index (χ0) is 12.0. The number of ether oxygens (including phenoxy) is 1. The summed E-state index contributed by atoms with van der Waals surface area (Å²) in [5.74, 6) is -0.104. The van der Waals surface area contributed by atoms with E-state index in [9.17, 15) is 4.79 Å². The van der Waals surface area contributed by atoms with Gasteiger partial charge in [0.15, 0.2) is 0 Å². The maximum absolute atomic E-state index is 10.3. The van der Waals surface area contributed by atoms with Gasteiger partial charge in [0.05, 0.1) is 13.5 Å². The molecule has 2 N–H and O–H groups in total. The van der Waals surface area contributed by atoms with E-state index in [2.05, 4.69) is 5.32 Å². The van der Waals surface area contributed by atoms with Gasteiger partial charge in [0.1, 0.15) is 5.75 Å². The van der Waals surface area contributed by atoms with Crippen LogP contribution in [0, 0.1) is 0 Å². The summed E-state index contributed by atoms with van der Waals surface area (Å²) in [6.45, 7) is 0.980. The number of hydrogen-bond acceptors (Lipinski definition) is 3. The summed E-state index contributed by atoms with van der Waals surface area (Å²) in [7, 11) is 1.58. The number of benzene rings is 1. The van der Waals surface area contributed by atoms with Gasteiger partial charge in [-0.3, -0.25) is 4.79 Å². The molecule has 0 bridgehead atoms. The maximum atomic E-state index is 10.3. The minimum atomic E-state index is -0.812. The van der Waals surface area contributed by atoms with E-state index >= 15 is 0 Å². The van der Waals surface area contributed by atoms with E-state index in [1.54, 1.807) is 13.2 Å². The Morgan fingerprint density at radius 3 is 2.88 bits per heavy atom. The Labute approximate surface area is 99.2 Å². The standard InChI is InChI=1S/C11H14ClNO3/c1-16-9-3-2-8(10(12)6-9)7-13-5-4-11(14)15/h2-3,6,13H,4-5,7H2,1H3,(H,14,15). The first kappa shape index (κ1) is 12.8. The van der Waals surface area contributed by atoms with Crippen molar-refractivity contribution in [3.05, 3.63) is 28.8 Å². The number of carboxylic acids is 1. The zero-order valence-corrected chi connectivity index (χ0v) is 9.75. The highest BCUT2D eigenvalue weighted by atomic mass is 35.5. The van der Waals surface area contributed by atoms with Crippen LogP contribution in [0.2, 0.25) is 5.02 Å². The molecule has 0 aromatic heterocycles. The molecule has 0 unspecified atom stereocenters. The number of carbonyl (C=O) groups is 1. The lowest BCUT2D eigenvalue weighted by molar-refractivity contribution is -0.136. The highest BCUT2D eigenvalue weighted by Gasteiger charge is 2.02. The fourth-order valence-electron chi connectivity index (χ4n) is 1.22. The van der Waals surface area contributed by atoms with E-state index in [0.29, 0.717) is 23.9 Å². The maximum Gasteiger partial charge on any atom is 0.304 e. The largest absolute Gasteiger partial charge is 0.497 e. The summed E-state index contributed by atoms with van der Waals surface area (Å²) in [6, 6.07) is 5.41. The molecule has 1 rings (SSSR count). The first-order chi connectivity index (χ1) is 7.63. The highest BCUT2D eigenvalue weighted by molar-refractivity contribution is 6.31. The highest BCUT2D eigenvalue weighted by Crippen LogP contribution is 2.21. The number of carboxylic acid groups (broad SMARTS) is 1. The predicted molar refractivity (Wildman–Crippen MR) is 62.0 cm³/mol. The van der Waals surface area contributed by atoms with Gasteiger partial charge < -0.3 is 15.2 Å². The van der Waals surface area contributed by atoms with E-state index < -0.39 is 5.97 Å². The SMILES string of the molecule is COc1ccc(CNCCC(=O)O)c(Cl)c1. The van der Waals surface area contributed by atoms with Crippen molar-refractivity contribution in [3.63, 3.8) is 0 Å². The Morgan fingerprint density at radius 1 is 1.56 bits per heavy atom. The van der Waals surface area contributed by atoms with Gasteiger partial charge >= 0.3 is 5.97 Å². The first-order valence-corrected chi connectivity index (χ1v) is 5.26. The minimum Gasteiger partial charge on any atom is -0.497 e. The van der Waals surface area contributed by atoms with E-state index in [0.717, 1.165) is 5.56 Å². The summed E-state index contributed by atoms with van der Waals surface area (Å²) in [6.07, 6.45) is 0.105. The molecular formula is C11H14ClNO3. The van der Waals surface area contributed by atoms with Crippen molar-refractivity contribution in [2.75, 3.05) is 13.7 Å². The van der Waals surface area contributed by atoms with Crippen molar-refractivity contribution >= 4 is 17.6 Å². The smallest absolute Gasteiger partial charge is 0.304 e. The number of hydrogen-bond donors (Lipinski definition) is 2. The number of methoxy groups -OCH3 is 1. The van der Waals surface area contributed by atoms with Crippen LogP contribution in [0.5, 0.6) is 5.75 Å². The fourth-order valence-corrected chi connectivity index (χ4v) is 1.45. The van der Waals surface area contributed by atoms with Crippen LogP contribution in [0.25, 0.3) is 0 Å². The van der Waals surface area contributed by atoms with Gasteiger partial charge in [0.25, 0.3) is 0 Å². The summed E-state index contributed by atoms with van der Waals surface area (Å²) < 4.78 is 5.02. The van der Waals surface area contributed by atoms with Crippen molar-refractivity contribution in [2.45, 2.75) is 13.0 Å². The number of aliphatic carboxylic acids is 1. The molecular weight excluding hydrogens is 230 g/mol. The van der Waals surface area contributed by atoms with Gasteiger partial charge in [-0.25, -0.2) is 0 Å². The van der Waals surface area contributed by atoms with Gasteiger partial charge in [0, 0.05) is 18.1 Å². The Balaban J connectivity index is 2.45. The Kier molecular flexibility index (Phi) is 5.08. The second-order valence-electron chi connectivity index (χ2n) is 3.28. The van der Waals surface area contributed by atoms with Crippen molar-refractivity contribution in [1.82, 2.24) is 5.32 Å². The predicted octanol–water partition coefficient (Wildman–Crippen LogP) is 1.91. The Morgan fingerprint density at radius 2 is 2.31 bits per heavy atom. The van der Waals surface area contributed by atoms with E-state index in [1.165, 1.54) is 0 Å². The van der Waals surface area contributed by atoms with E-state index in [4.69, 9.17) is 21.4 Å². The molecule has 1 aromatic carbocycles. The van der Waals surface area contributed by atoms with Gasteiger partial charge in [-0.1, -0.05) is 17.7 Å². The third kappa shape index (κ3) is 4.08. The number of halogens is 1. The van der Waals surface area contributed by atoms with Crippen LogP contribution in [-0.4, -0.2) is 24.7 Å². The minimum absolute atomic E-state index is 0.105. The molecule has 0 fully saturated rings. The van der Waals surface area contributed by atoms with Crippen LogP contribution in [0.15, 0.2) is 18.2 Å². The van der Waals surface area contributed by atoms with Gasteiger partial charge in [-0.2, -0.15) is 0 Å². The van der Waals surface area contributed by atoms with Crippen LogP contribution in [0.4, 0.5) is 0 Å². The lowest BCUT2D eigenvalue weighted by Gasteiger charge is -2.07. The first-order valence-electron chi connectivity index (χ1n) is 4.88. The van der Waals surface area contributed by atoms with Gasteiger partial charge in [-0.15, -0.1) is 0 Å². The van der Waals surface area contributed by atoms with Crippen LogP contribution in [0.3, 0.4) is 0 Å². The quantitative estimate of drug-likeness (QED) is 0.750. The molecule has 0 heterocycles. The van der Waals surface area contributed by atoms with Gasteiger partial charge in [0.2, 0.25) is 0 Å². The third-order valence-corrected chi connectivity index (χ3v) is 2.44. The molecule has 0 aliphatic heterocycles. The number of rotatable bonds is 6. The normalized spacial score (nSPS) is 10.1. The van der Waals surface area contributed by atoms with Crippen LogP contribution in [0.1, 0.15) is 12.0 Å². The monoisotopic (exact) mass is 243 g/mol. The zero-order valence-electron chi connectivity index (χ0n) is 9.00. The van der Waals surface area contributed by atoms with Crippen molar-refractivity contribution in [3.8, 4) is 5.75 Å².